The summed E-state index contributed by atoms with van der Waals surface area (Å²) < 4.78 is 11.4. The van der Waals surface area contributed by atoms with Crippen LogP contribution in [0.4, 0.5) is 0 Å². The molecule has 0 unspecified atom stereocenters. The zero-order chi connectivity index (χ0) is 19.2. The number of hydrogen-bond acceptors (Lipinski definition) is 3. The number of ether oxygens (including phenoxy) is 2. The van der Waals surface area contributed by atoms with Crippen molar-refractivity contribution < 1.29 is 9.47 Å². The number of para-hydroxylation sites is 4. The Morgan fingerprint density at radius 1 is 0.536 bits per heavy atom. The Labute approximate surface area is 172 Å². The fraction of sp³-hybridized carbons (Fsp3) is 0. The van der Waals surface area contributed by atoms with Gasteiger partial charge in [0.2, 0.25) is 0 Å². The lowest BCUT2D eigenvalue weighted by Crippen LogP contribution is -2.03. The Morgan fingerprint density at radius 3 is 1.39 bits per heavy atom. The maximum atomic E-state index is 5.79. The number of hydrogen-bond donors (Lipinski definition) is 0. The molecule has 4 heteroatoms. The van der Waals surface area contributed by atoms with Gasteiger partial charge < -0.3 is 9.47 Å². The summed E-state index contributed by atoms with van der Waals surface area (Å²) in [6.45, 7) is 0. The van der Waals surface area contributed by atoms with E-state index in [2.05, 4.69) is 0 Å². The van der Waals surface area contributed by atoms with E-state index in [0.29, 0.717) is 0 Å². The minimum atomic E-state index is -0.282. The highest BCUT2D eigenvalue weighted by Crippen LogP contribution is 2.39. The first-order valence-electron chi connectivity index (χ1n) is 8.87. The van der Waals surface area contributed by atoms with Gasteiger partial charge in [0.15, 0.2) is 0 Å². The highest BCUT2D eigenvalue weighted by Gasteiger charge is 2.19. The van der Waals surface area contributed by atoms with Gasteiger partial charge in [0.05, 0.1) is 9.79 Å². The molecule has 0 saturated heterocycles. The molecular formula is C24H18O2S2. The maximum absolute atomic E-state index is 5.79. The van der Waals surface area contributed by atoms with E-state index < -0.39 is 0 Å². The molecule has 1 aliphatic heterocycles. The average Bonchev–Trinajstić information content (AvgIpc) is 2.76. The molecule has 0 aliphatic carbocycles. The molecule has 0 spiro atoms. The van der Waals surface area contributed by atoms with Crippen molar-refractivity contribution in [2.45, 2.75) is 9.79 Å². The van der Waals surface area contributed by atoms with Gasteiger partial charge in [-0.05, 0) is 59.7 Å². The van der Waals surface area contributed by atoms with Gasteiger partial charge in [-0.1, -0.05) is 70.1 Å². The van der Waals surface area contributed by atoms with E-state index in [1.165, 1.54) is 0 Å². The lowest BCUT2D eigenvalue weighted by molar-refractivity contribution is 0.454. The van der Waals surface area contributed by atoms with E-state index >= 15 is 0 Å². The van der Waals surface area contributed by atoms with Crippen LogP contribution in [0.5, 0.6) is 23.0 Å². The zero-order valence-corrected chi connectivity index (χ0v) is 16.7. The summed E-state index contributed by atoms with van der Waals surface area (Å²) in [5.74, 6) is 3.53. The van der Waals surface area contributed by atoms with Gasteiger partial charge in [-0.3, -0.25) is 0 Å². The predicted molar refractivity (Wildman–Crippen MR) is 117 cm³/mol. The second-order valence-electron chi connectivity index (χ2n) is 5.99. The van der Waals surface area contributed by atoms with Crippen LogP contribution in [0.15, 0.2) is 119 Å². The van der Waals surface area contributed by atoms with Gasteiger partial charge in [-0.15, -0.1) is 0 Å². The number of fused-ring (bicyclic) bond motifs is 2. The molecule has 138 valence electrons. The third-order valence-corrected chi connectivity index (χ3v) is 6.59. The molecule has 4 aromatic carbocycles. The summed E-state index contributed by atoms with van der Waals surface area (Å²) in [4.78, 5) is 2.23. The van der Waals surface area contributed by atoms with E-state index in [9.17, 15) is 0 Å². The summed E-state index contributed by atoms with van der Waals surface area (Å²) in [6.07, 6.45) is 0. The highest BCUT2D eigenvalue weighted by atomic mass is 32.8. The van der Waals surface area contributed by atoms with E-state index in [1.807, 2.05) is 109 Å². The van der Waals surface area contributed by atoms with Crippen LogP contribution in [-0.2, 0) is 20.6 Å². The Balaban J connectivity index is 0.000000139. The SMILES string of the molecule is S=S1c2ccccc2Oc2ccccc21.c1ccc(Oc2ccccc2)cc1. The number of rotatable bonds is 2. The molecule has 0 saturated carbocycles. The molecule has 0 radical (unpaired) electrons. The molecule has 0 bridgehead atoms. The van der Waals surface area contributed by atoms with Crippen LogP contribution in [0.3, 0.4) is 0 Å². The highest BCUT2D eigenvalue weighted by molar-refractivity contribution is 8.29. The van der Waals surface area contributed by atoms with Crippen LogP contribution in [-0.4, -0.2) is 0 Å². The lowest BCUT2D eigenvalue weighted by atomic mass is 10.3. The molecule has 0 N–H and O–H groups in total. The second-order valence-corrected chi connectivity index (χ2v) is 8.41. The maximum Gasteiger partial charge on any atom is 0.141 e. The van der Waals surface area contributed by atoms with Crippen molar-refractivity contribution in [3.05, 3.63) is 109 Å². The fourth-order valence-electron chi connectivity index (χ4n) is 2.73. The van der Waals surface area contributed by atoms with Crippen LogP contribution >= 0.6 is 0 Å². The minimum absolute atomic E-state index is 0.282. The normalized spacial score (nSPS) is 11.9. The van der Waals surface area contributed by atoms with Gasteiger partial charge in [0, 0.05) is 0 Å². The Morgan fingerprint density at radius 2 is 0.929 bits per heavy atom. The average molecular weight is 403 g/mol. The first kappa shape index (κ1) is 18.4. The molecule has 5 rings (SSSR count). The van der Waals surface area contributed by atoms with Crippen LogP contribution in [0.1, 0.15) is 0 Å². The lowest BCUT2D eigenvalue weighted by Gasteiger charge is -2.20. The summed E-state index contributed by atoms with van der Waals surface area (Å²) in [5.41, 5.74) is 0. The van der Waals surface area contributed by atoms with Crippen molar-refractivity contribution in [2.24, 2.45) is 0 Å². The van der Waals surface area contributed by atoms with Crippen LogP contribution in [0, 0.1) is 0 Å². The molecule has 4 aromatic rings. The quantitative estimate of drug-likeness (QED) is 0.325. The Bertz CT molecular complexity index is 995. The summed E-state index contributed by atoms with van der Waals surface area (Å²) in [6, 6.07) is 35.5. The van der Waals surface area contributed by atoms with Crippen molar-refractivity contribution in [2.75, 3.05) is 0 Å². The third kappa shape index (κ3) is 4.30. The topological polar surface area (TPSA) is 18.5 Å². The summed E-state index contributed by atoms with van der Waals surface area (Å²) in [5, 5.41) is 0. The zero-order valence-electron chi connectivity index (χ0n) is 15.0. The van der Waals surface area contributed by atoms with E-state index in [0.717, 1.165) is 32.8 Å². The standard InChI is InChI=1S/C12H8OS2.C12H10O/c14-15-11-7-3-1-5-9(11)13-10-6-2-4-8-12(10)15;1-3-7-11(8-4-1)13-12-9-5-2-6-10-12/h1-8H;1-10H. The van der Waals surface area contributed by atoms with Gasteiger partial charge >= 0.3 is 0 Å². The monoisotopic (exact) mass is 402 g/mol. The fourth-order valence-corrected chi connectivity index (χ4v) is 4.78. The first-order valence-corrected chi connectivity index (χ1v) is 11.0. The molecule has 28 heavy (non-hydrogen) atoms. The van der Waals surface area contributed by atoms with E-state index in [4.69, 9.17) is 20.7 Å². The van der Waals surface area contributed by atoms with E-state index in [1.54, 1.807) is 0 Å². The van der Waals surface area contributed by atoms with Crippen molar-refractivity contribution in [3.8, 4) is 23.0 Å². The second kappa shape index (κ2) is 8.83. The van der Waals surface area contributed by atoms with Gasteiger partial charge in [0.1, 0.15) is 23.0 Å². The first-order chi connectivity index (χ1) is 13.8. The smallest absolute Gasteiger partial charge is 0.141 e. The molecule has 0 fully saturated rings. The van der Waals surface area contributed by atoms with Crippen LogP contribution in [0.2, 0.25) is 0 Å². The molecule has 0 amide bonds. The van der Waals surface area contributed by atoms with Gasteiger partial charge in [0.25, 0.3) is 0 Å². The molecule has 0 atom stereocenters. The van der Waals surface area contributed by atoms with Gasteiger partial charge in [-0.25, -0.2) is 0 Å². The van der Waals surface area contributed by atoms with Crippen molar-refractivity contribution in [3.63, 3.8) is 0 Å². The Kier molecular flexibility index (Phi) is 5.80. The van der Waals surface area contributed by atoms with Crippen molar-refractivity contribution in [1.29, 1.82) is 0 Å². The van der Waals surface area contributed by atoms with Gasteiger partial charge in [-0.2, -0.15) is 0 Å². The largest absolute Gasteiger partial charge is 0.457 e. The van der Waals surface area contributed by atoms with Crippen LogP contribution < -0.4 is 9.47 Å². The summed E-state index contributed by atoms with van der Waals surface area (Å²) in [7, 11) is -0.282. The molecular weight excluding hydrogens is 384 g/mol. The minimum Gasteiger partial charge on any atom is -0.457 e. The number of benzene rings is 4. The Hall–Kier alpha value is -2.95. The predicted octanol–water partition coefficient (Wildman–Crippen LogP) is 6.77. The molecule has 1 aliphatic rings. The molecule has 2 nitrogen and oxygen atoms in total. The molecule has 1 heterocycles. The van der Waals surface area contributed by atoms with Crippen molar-refractivity contribution in [1.82, 2.24) is 0 Å². The van der Waals surface area contributed by atoms with Crippen LogP contribution in [0.25, 0.3) is 0 Å². The van der Waals surface area contributed by atoms with E-state index in [-0.39, 0.29) is 9.45 Å². The molecule has 0 aromatic heterocycles. The van der Waals surface area contributed by atoms with Crippen molar-refractivity contribution >= 4 is 20.6 Å². The summed E-state index contributed by atoms with van der Waals surface area (Å²) >= 11 is 5.55. The third-order valence-electron chi connectivity index (χ3n) is 4.04.